The summed E-state index contributed by atoms with van der Waals surface area (Å²) in [5.74, 6) is 0.989. The van der Waals surface area contributed by atoms with Crippen LogP contribution in [-0.4, -0.2) is 52.8 Å². The van der Waals surface area contributed by atoms with Gasteiger partial charge < -0.3 is 24.8 Å². The van der Waals surface area contributed by atoms with Gasteiger partial charge in [0, 0.05) is 26.6 Å². The smallest absolute Gasteiger partial charge is 0.224 e. The van der Waals surface area contributed by atoms with E-state index in [1.54, 1.807) is 33.5 Å². The van der Waals surface area contributed by atoms with Crippen LogP contribution in [0.3, 0.4) is 0 Å². The highest BCUT2D eigenvalue weighted by Gasteiger charge is 2.08. The molecule has 0 saturated carbocycles. The zero-order valence-corrected chi connectivity index (χ0v) is 13.8. The molecule has 7 heteroatoms. The average molecular weight is 324 g/mol. The van der Waals surface area contributed by atoms with Gasteiger partial charge in [0.1, 0.15) is 0 Å². The lowest BCUT2D eigenvalue weighted by Crippen LogP contribution is -2.35. The van der Waals surface area contributed by atoms with Gasteiger partial charge in [0.15, 0.2) is 11.5 Å². The first-order valence-corrected chi connectivity index (χ1v) is 7.34. The Kier molecular flexibility index (Phi) is 8.52. The third kappa shape index (κ3) is 7.01. The molecule has 1 rings (SSSR count). The van der Waals surface area contributed by atoms with Gasteiger partial charge in [-0.15, -0.1) is 0 Å². The van der Waals surface area contributed by atoms with Crippen molar-refractivity contribution in [2.24, 2.45) is 0 Å². The first-order valence-electron chi connectivity index (χ1n) is 7.34. The van der Waals surface area contributed by atoms with Crippen molar-refractivity contribution in [1.82, 2.24) is 10.6 Å². The molecule has 128 valence electrons. The minimum atomic E-state index is -0.122. The SMILES string of the molecule is COCCC(=O)NCCNC(=O)Cc1ccc(OC)c(OC)c1. The fourth-order valence-corrected chi connectivity index (χ4v) is 1.93. The van der Waals surface area contributed by atoms with Crippen molar-refractivity contribution in [2.45, 2.75) is 12.8 Å². The molecule has 0 saturated heterocycles. The number of nitrogens with one attached hydrogen (secondary N) is 2. The molecule has 0 heterocycles. The molecular formula is C16H24N2O5. The maximum atomic E-state index is 11.9. The van der Waals surface area contributed by atoms with Gasteiger partial charge in [-0.25, -0.2) is 0 Å². The Morgan fingerprint density at radius 1 is 0.957 bits per heavy atom. The molecule has 0 aliphatic heterocycles. The number of ether oxygens (including phenoxy) is 3. The topological polar surface area (TPSA) is 85.9 Å². The number of carbonyl (C=O) groups excluding carboxylic acids is 2. The molecule has 0 atom stereocenters. The second kappa shape index (κ2) is 10.4. The molecule has 1 aromatic carbocycles. The lowest BCUT2D eigenvalue weighted by Gasteiger charge is -2.10. The number of hydrogen-bond donors (Lipinski definition) is 2. The number of benzene rings is 1. The number of carbonyl (C=O) groups is 2. The molecule has 23 heavy (non-hydrogen) atoms. The molecule has 1 aromatic rings. The molecule has 0 unspecified atom stereocenters. The van der Waals surface area contributed by atoms with E-state index >= 15 is 0 Å². The van der Waals surface area contributed by atoms with Gasteiger partial charge >= 0.3 is 0 Å². The summed E-state index contributed by atoms with van der Waals surface area (Å²) in [6.45, 7) is 1.16. The van der Waals surface area contributed by atoms with Gasteiger partial charge in [0.05, 0.1) is 27.2 Å². The van der Waals surface area contributed by atoms with Crippen molar-refractivity contribution >= 4 is 11.8 Å². The lowest BCUT2D eigenvalue weighted by molar-refractivity contribution is -0.123. The summed E-state index contributed by atoms with van der Waals surface area (Å²) in [5, 5.41) is 5.45. The van der Waals surface area contributed by atoms with Crippen LogP contribution >= 0.6 is 0 Å². The normalized spacial score (nSPS) is 10.0. The van der Waals surface area contributed by atoms with Gasteiger partial charge in [-0.1, -0.05) is 6.07 Å². The minimum Gasteiger partial charge on any atom is -0.493 e. The zero-order chi connectivity index (χ0) is 17.1. The number of methoxy groups -OCH3 is 3. The Morgan fingerprint density at radius 2 is 1.61 bits per heavy atom. The summed E-state index contributed by atoms with van der Waals surface area (Å²) >= 11 is 0. The van der Waals surface area contributed by atoms with Crippen molar-refractivity contribution in [3.63, 3.8) is 0 Å². The van der Waals surface area contributed by atoms with Gasteiger partial charge in [0.2, 0.25) is 11.8 Å². The van der Waals surface area contributed by atoms with Crippen molar-refractivity contribution in [3.8, 4) is 11.5 Å². The summed E-state index contributed by atoms with van der Waals surface area (Å²) < 4.78 is 15.2. The maximum absolute atomic E-state index is 11.9. The van der Waals surface area contributed by atoms with Gasteiger partial charge in [-0.2, -0.15) is 0 Å². The fourth-order valence-electron chi connectivity index (χ4n) is 1.93. The molecule has 0 bridgehead atoms. The highest BCUT2D eigenvalue weighted by molar-refractivity contribution is 5.79. The number of hydrogen-bond acceptors (Lipinski definition) is 5. The Hall–Kier alpha value is -2.28. The van der Waals surface area contributed by atoms with Crippen LogP contribution in [0.2, 0.25) is 0 Å². The van der Waals surface area contributed by atoms with Crippen LogP contribution in [0.1, 0.15) is 12.0 Å². The molecule has 2 amide bonds. The second-order valence-corrected chi connectivity index (χ2v) is 4.81. The van der Waals surface area contributed by atoms with Crippen LogP contribution in [0.25, 0.3) is 0 Å². The predicted molar refractivity (Wildman–Crippen MR) is 85.8 cm³/mol. The van der Waals surface area contributed by atoms with E-state index in [-0.39, 0.29) is 18.2 Å². The summed E-state index contributed by atoms with van der Waals surface area (Å²) in [4.78, 5) is 23.2. The predicted octanol–water partition coefficient (Wildman–Crippen LogP) is 0.515. The van der Waals surface area contributed by atoms with Gasteiger partial charge in [-0.05, 0) is 17.7 Å². The van der Waals surface area contributed by atoms with E-state index in [1.165, 1.54) is 0 Å². The van der Waals surface area contributed by atoms with E-state index in [4.69, 9.17) is 14.2 Å². The molecule has 0 spiro atoms. The molecule has 0 radical (unpaired) electrons. The molecule has 0 aliphatic rings. The van der Waals surface area contributed by atoms with Crippen LogP contribution in [0.15, 0.2) is 18.2 Å². The van der Waals surface area contributed by atoms with Gasteiger partial charge in [0.25, 0.3) is 0 Å². The van der Waals surface area contributed by atoms with Gasteiger partial charge in [-0.3, -0.25) is 9.59 Å². The monoisotopic (exact) mass is 324 g/mol. The second-order valence-electron chi connectivity index (χ2n) is 4.81. The van der Waals surface area contributed by atoms with Crippen LogP contribution < -0.4 is 20.1 Å². The number of amides is 2. The van der Waals surface area contributed by atoms with Crippen LogP contribution in [-0.2, 0) is 20.7 Å². The van der Waals surface area contributed by atoms with E-state index in [1.807, 2.05) is 6.07 Å². The van der Waals surface area contributed by atoms with Crippen molar-refractivity contribution < 1.29 is 23.8 Å². The average Bonchev–Trinajstić information content (AvgIpc) is 2.56. The fraction of sp³-hybridized carbons (Fsp3) is 0.500. The highest BCUT2D eigenvalue weighted by Crippen LogP contribution is 2.27. The van der Waals surface area contributed by atoms with Crippen molar-refractivity contribution in [2.75, 3.05) is 41.0 Å². The van der Waals surface area contributed by atoms with E-state index in [9.17, 15) is 9.59 Å². The van der Waals surface area contributed by atoms with Crippen LogP contribution in [0, 0.1) is 0 Å². The molecule has 2 N–H and O–H groups in total. The minimum absolute atomic E-state index is 0.0963. The summed E-state index contributed by atoms with van der Waals surface area (Å²) in [6, 6.07) is 5.34. The van der Waals surface area contributed by atoms with E-state index < -0.39 is 0 Å². The third-order valence-electron chi connectivity index (χ3n) is 3.12. The summed E-state index contributed by atoms with van der Waals surface area (Å²) in [5.41, 5.74) is 0.823. The standard InChI is InChI=1S/C16H24N2O5/c1-21-9-6-15(19)17-7-8-18-16(20)11-12-4-5-13(22-2)14(10-12)23-3/h4-5,10H,6-9,11H2,1-3H3,(H,17,19)(H,18,20). The lowest BCUT2D eigenvalue weighted by atomic mass is 10.1. The van der Waals surface area contributed by atoms with Crippen molar-refractivity contribution in [1.29, 1.82) is 0 Å². The molecule has 0 fully saturated rings. The Balaban J connectivity index is 2.32. The van der Waals surface area contributed by atoms with E-state index in [0.29, 0.717) is 37.6 Å². The highest BCUT2D eigenvalue weighted by atomic mass is 16.5. The molecule has 0 aliphatic carbocycles. The summed E-state index contributed by atoms with van der Waals surface area (Å²) in [6.07, 6.45) is 0.550. The summed E-state index contributed by atoms with van der Waals surface area (Å²) in [7, 11) is 4.65. The van der Waals surface area contributed by atoms with E-state index in [0.717, 1.165) is 5.56 Å². The Morgan fingerprint density at radius 3 is 2.22 bits per heavy atom. The third-order valence-corrected chi connectivity index (χ3v) is 3.12. The first-order chi connectivity index (χ1) is 11.1. The number of rotatable bonds is 10. The van der Waals surface area contributed by atoms with Crippen LogP contribution in [0.5, 0.6) is 11.5 Å². The molecule has 0 aromatic heterocycles. The van der Waals surface area contributed by atoms with Crippen molar-refractivity contribution in [3.05, 3.63) is 23.8 Å². The zero-order valence-electron chi connectivity index (χ0n) is 13.8. The Bertz CT molecular complexity index is 519. The van der Waals surface area contributed by atoms with Crippen LogP contribution in [0.4, 0.5) is 0 Å². The largest absolute Gasteiger partial charge is 0.493 e. The Labute approximate surface area is 136 Å². The first kappa shape index (κ1) is 18.8. The maximum Gasteiger partial charge on any atom is 0.224 e. The molecule has 7 nitrogen and oxygen atoms in total. The molecular weight excluding hydrogens is 300 g/mol. The quantitative estimate of drug-likeness (QED) is 0.613. The van der Waals surface area contributed by atoms with E-state index in [2.05, 4.69) is 10.6 Å².